The highest BCUT2D eigenvalue weighted by Crippen LogP contribution is 2.31. The Morgan fingerprint density at radius 2 is 1.78 bits per heavy atom. The summed E-state index contributed by atoms with van der Waals surface area (Å²) >= 11 is 0. The van der Waals surface area contributed by atoms with Gasteiger partial charge < -0.3 is 9.64 Å². The van der Waals surface area contributed by atoms with Gasteiger partial charge in [0.1, 0.15) is 5.75 Å². The number of esters is 1. The lowest BCUT2D eigenvalue weighted by Gasteiger charge is -2.20. The SMILES string of the molecule is C=C1c2ccccc2C(=O)N1CCC(=O)Oc1ccc(C(C)(C)C)cc1C. The number of nitrogens with zero attached hydrogens (tertiary/aromatic N) is 1. The van der Waals surface area contributed by atoms with E-state index in [9.17, 15) is 9.59 Å². The second-order valence-electron chi connectivity index (χ2n) is 7.90. The van der Waals surface area contributed by atoms with Crippen LogP contribution in [0.5, 0.6) is 5.75 Å². The number of carbonyl (C=O) groups excluding carboxylic acids is 2. The van der Waals surface area contributed by atoms with Gasteiger partial charge in [-0.1, -0.05) is 57.7 Å². The van der Waals surface area contributed by atoms with E-state index in [1.165, 1.54) is 5.56 Å². The van der Waals surface area contributed by atoms with Crippen LogP contribution >= 0.6 is 0 Å². The van der Waals surface area contributed by atoms with Gasteiger partial charge in [-0.15, -0.1) is 0 Å². The van der Waals surface area contributed by atoms with Gasteiger partial charge in [0.15, 0.2) is 0 Å². The molecule has 2 aromatic carbocycles. The average Bonchev–Trinajstić information content (AvgIpc) is 2.85. The first-order valence-corrected chi connectivity index (χ1v) is 9.10. The van der Waals surface area contributed by atoms with Crippen LogP contribution in [0.15, 0.2) is 49.0 Å². The monoisotopic (exact) mass is 363 g/mol. The Labute approximate surface area is 160 Å². The standard InChI is InChI=1S/C23H25NO3/c1-15-14-17(23(3,4)5)10-11-20(15)27-21(25)12-13-24-16(2)18-8-6-7-9-19(18)22(24)26/h6-11,14H,2,12-13H2,1,3-5H3. The van der Waals surface area contributed by atoms with Crippen molar-refractivity contribution < 1.29 is 14.3 Å². The molecule has 4 heteroatoms. The first kappa shape index (κ1) is 18.9. The zero-order valence-electron chi connectivity index (χ0n) is 16.3. The minimum Gasteiger partial charge on any atom is -0.426 e. The molecule has 0 bridgehead atoms. The molecule has 0 spiro atoms. The Bertz CT molecular complexity index is 886. The van der Waals surface area contributed by atoms with E-state index >= 15 is 0 Å². The highest BCUT2D eigenvalue weighted by Gasteiger charge is 2.30. The number of benzene rings is 2. The molecule has 0 N–H and O–H groups in total. The summed E-state index contributed by atoms with van der Waals surface area (Å²) in [4.78, 5) is 26.3. The zero-order valence-corrected chi connectivity index (χ0v) is 16.3. The van der Waals surface area contributed by atoms with Crippen LogP contribution in [0, 0.1) is 6.92 Å². The van der Waals surface area contributed by atoms with Crippen LogP contribution in [0.1, 0.15) is 54.2 Å². The summed E-state index contributed by atoms with van der Waals surface area (Å²) in [6.07, 6.45) is 0.110. The summed E-state index contributed by atoms with van der Waals surface area (Å²) in [7, 11) is 0. The first-order valence-electron chi connectivity index (χ1n) is 9.10. The van der Waals surface area contributed by atoms with Crippen LogP contribution in [0.25, 0.3) is 5.70 Å². The Balaban J connectivity index is 1.63. The highest BCUT2D eigenvalue weighted by atomic mass is 16.5. The van der Waals surface area contributed by atoms with E-state index in [-0.39, 0.29) is 30.3 Å². The fourth-order valence-corrected chi connectivity index (χ4v) is 3.18. The maximum absolute atomic E-state index is 12.5. The van der Waals surface area contributed by atoms with Crippen molar-refractivity contribution in [2.45, 2.75) is 39.5 Å². The third kappa shape index (κ3) is 3.80. The van der Waals surface area contributed by atoms with Crippen molar-refractivity contribution in [2.24, 2.45) is 0 Å². The number of ether oxygens (including phenoxy) is 1. The normalized spacial score (nSPS) is 13.7. The molecule has 0 radical (unpaired) electrons. The van der Waals surface area contributed by atoms with Crippen LogP contribution in [-0.2, 0) is 10.2 Å². The summed E-state index contributed by atoms with van der Waals surface area (Å²) in [5.74, 6) is 0.0788. The topological polar surface area (TPSA) is 46.6 Å². The Kier molecular flexibility index (Phi) is 4.92. The quantitative estimate of drug-likeness (QED) is 0.583. The smallest absolute Gasteiger partial charge is 0.313 e. The molecule has 27 heavy (non-hydrogen) atoms. The maximum Gasteiger partial charge on any atom is 0.313 e. The molecule has 0 fully saturated rings. The van der Waals surface area contributed by atoms with Gasteiger partial charge in [0.25, 0.3) is 5.91 Å². The van der Waals surface area contributed by atoms with Gasteiger partial charge in [0.05, 0.1) is 6.42 Å². The number of fused-ring (bicyclic) bond motifs is 1. The molecular formula is C23H25NO3. The molecule has 0 aromatic heterocycles. The summed E-state index contributed by atoms with van der Waals surface area (Å²) in [5, 5.41) is 0. The molecule has 2 aromatic rings. The molecule has 0 saturated heterocycles. The van der Waals surface area contributed by atoms with E-state index in [4.69, 9.17) is 4.74 Å². The van der Waals surface area contributed by atoms with E-state index in [1.807, 2.05) is 43.3 Å². The third-order valence-corrected chi connectivity index (χ3v) is 4.84. The van der Waals surface area contributed by atoms with E-state index < -0.39 is 0 Å². The predicted octanol–water partition coefficient (Wildman–Crippen LogP) is 4.71. The van der Waals surface area contributed by atoms with Crippen LogP contribution in [0.3, 0.4) is 0 Å². The lowest BCUT2D eigenvalue weighted by atomic mass is 9.86. The van der Waals surface area contributed by atoms with Crippen LogP contribution in [-0.4, -0.2) is 23.3 Å². The number of carbonyl (C=O) groups is 2. The van der Waals surface area contributed by atoms with Gasteiger partial charge in [-0.25, -0.2) is 0 Å². The van der Waals surface area contributed by atoms with Gasteiger partial charge in [-0.05, 0) is 35.6 Å². The molecule has 1 heterocycles. The lowest BCUT2D eigenvalue weighted by Crippen LogP contribution is -2.27. The van der Waals surface area contributed by atoms with Gasteiger partial charge in [-0.2, -0.15) is 0 Å². The number of rotatable bonds is 4. The maximum atomic E-state index is 12.5. The molecule has 0 saturated carbocycles. The van der Waals surface area contributed by atoms with Crippen molar-refractivity contribution >= 4 is 17.6 Å². The van der Waals surface area contributed by atoms with Gasteiger partial charge >= 0.3 is 5.97 Å². The van der Waals surface area contributed by atoms with Crippen molar-refractivity contribution in [1.29, 1.82) is 0 Å². The number of hydrogen-bond acceptors (Lipinski definition) is 3. The Hall–Kier alpha value is -2.88. The largest absolute Gasteiger partial charge is 0.426 e. The van der Waals surface area contributed by atoms with Crippen molar-refractivity contribution in [2.75, 3.05) is 6.54 Å². The van der Waals surface area contributed by atoms with E-state index in [0.717, 1.165) is 11.1 Å². The summed E-state index contributed by atoms with van der Waals surface area (Å²) in [5.41, 5.74) is 4.24. The molecule has 4 nitrogen and oxygen atoms in total. The fraction of sp³-hybridized carbons (Fsp3) is 0.304. The van der Waals surface area contributed by atoms with Crippen LogP contribution in [0.2, 0.25) is 0 Å². The number of hydrogen-bond donors (Lipinski definition) is 0. The van der Waals surface area contributed by atoms with E-state index in [1.54, 1.807) is 11.0 Å². The second-order valence-corrected chi connectivity index (χ2v) is 7.90. The molecule has 0 unspecified atom stereocenters. The summed E-state index contributed by atoms with van der Waals surface area (Å²) in [6, 6.07) is 13.2. The van der Waals surface area contributed by atoms with Gasteiger partial charge in [-0.3, -0.25) is 9.59 Å². The zero-order chi connectivity index (χ0) is 19.8. The van der Waals surface area contributed by atoms with Crippen molar-refractivity contribution in [1.82, 2.24) is 4.90 Å². The molecule has 1 aliphatic rings. The first-order chi connectivity index (χ1) is 12.7. The second kappa shape index (κ2) is 7.03. The number of aryl methyl sites for hydroxylation is 1. The van der Waals surface area contributed by atoms with Crippen molar-refractivity contribution in [3.63, 3.8) is 0 Å². The third-order valence-electron chi connectivity index (χ3n) is 4.84. The van der Waals surface area contributed by atoms with Crippen molar-refractivity contribution in [3.05, 3.63) is 71.3 Å². The number of amides is 1. The predicted molar refractivity (Wildman–Crippen MR) is 107 cm³/mol. The Morgan fingerprint density at radius 1 is 1.11 bits per heavy atom. The van der Waals surface area contributed by atoms with E-state index in [0.29, 0.717) is 17.0 Å². The molecule has 0 aliphatic carbocycles. The molecule has 1 amide bonds. The summed E-state index contributed by atoms with van der Waals surface area (Å²) < 4.78 is 5.51. The highest BCUT2D eigenvalue weighted by molar-refractivity contribution is 6.08. The molecule has 3 rings (SSSR count). The molecule has 0 atom stereocenters. The minimum absolute atomic E-state index is 0.0405. The summed E-state index contributed by atoms with van der Waals surface area (Å²) in [6.45, 7) is 12.6. The van der Waals surface area contributed by atoms with Crippen LogP contribution < -0.4 is 4.74 Å². The average molecular weight is 363 g/mol. The molecule has 140 valence electrons. The van der Waals surface area contributed by atoms with Gasteiger partial charge in [0, 0.05) is 23.4 Å². The molecule has 1 aliphatic heterocycles. The van der Waals surface area contributed by atoms with Gasteiger partial charge in [0.2, 0.25) is 0 Å². The minimum atomic E-state index is -0.363. The van der Waals surface area contributed by atoms with Crippen LogP contribution in [0.4, 0.5) is 0 Å². The fourth-order valence-electron chi connectivity index (χ4n) is 3.18. The Morgan fingerprint density at radius 3 is 2.37 bits per heavy atom. The lowest BCUT2D eigenvalue weighted by molar-refractivity contribution is -0.134. The van der Waals surface area contributed by atoms with Crippen molar-refractivity contribution in [3.8, 4) is 5.75 Å². The van der Waals surface area contributed by atoms with E-state index in [2.05, 4.69) is 27.4 Å². The molecular weight excluding hydrogens is 338 g/mol.